The quantitative estimate of drug-likeness (QED) is 0.564. The number of hydrogen-bond donors (Lipinski definition) is 3. The van der Waals surface area contributed by atoms with Crippen molar-refractivity contribution in [3.05, 3.63) is 53.6 Å². The van der Waals surface area contributed by atoms with Crippen molar-refractivity contribution < 1.29 is 24.4 Å². The van der Waals surface area contributed by atoms with Gasteiger partial charge in [-0.3, -0.25) is 5.32 Å². The summed E-state index contributed by atoms with van der Waals surface area (Å²) in [4.78, 5) is 0. The topological polar surface area (TPSA) is 80.2 Å². The van der Waals surface area contributed by atoms with Crippen molar-refractivity contribution in [3.8, 4) is 17.2 Å². The Bertz CT molecular complexity index is 727. The zero-order valence-electron chi connectivity index (χ0n) is 16.1. The van der Waals surface area contributed by atoms with Crippen molar-refractivity contribution in [2.75, 3.05) is 27.9 Å². The van der Waals surface area contributed by atoms with Gasteiger partial charge in [0, 0.05) is 25.6 Å². The van der Waals surface area contributed by atoms with E-state index in [1.165, 1.54) is 0 Å². The molecule has 27 heavy (non-hydrogen) atoms. The number of aliphatic hydroxyl groups is 1. The van der Waals surface area contributed by atoms with Gasteiger partial charge in [-0.1, -0.05) is 24.3 Å². The molecule has 0 radical (unpaired) electrons. The van der Waals surface area contributed by atoms with E-state index in [4.69, 9.17) is 14.2 Å². The number of benzene rings is 2. The van der Waals surface area contributed by atoms with E-state index in [-0.39, 0.29) is 24.7 Å². The molecule has 2 aromatic rings. The molecule has 6 nitrogen and oxygen atoms in total. The molecule has 0 amide bonds. The lowest BCUT2D eigenvalue weighted by atomic mass is 10.0. The minimum atomic E-state index is -0.851. The van der Waals surface area contributed by atoms with Gasteiger partial charge in [0.05, 0.1) is 20.3 Å². The number of aliphatic hydroxyl groups excluding tert-OH is 1. The summed E-state index contributed by atoms with van der Waals surface area (Å²) in [6.45, 7) is 2.14. The average molecular weight is 398 g/mol. The normalized spacial score (nSPS) is 14.0. The summed E-state index contributed by atoms with van der Waals surface area (Å²) in [6.07, 6.45) is -0.298. The molecule has 0 spiro atoms. The van der Waals surface area contributed by atoms with Crippen molar-refractivity contribution in [2.45, 2.75) is 25.2 Å². The highest BCUT2D eigenvalue weighted by Crippen LogP contribution is 2.29. The lowest BCUT2D eigenvalue weighted by Crippen LogP contribution is -2.47. The monoisotopic (exact) mass is 397 g/mol. The molecule has 0 saturated carbocycles. The Morgan fingerprint density at radius 1 is 1.04 bits per heavy atom. The highest BCUT2D eigenvalue weighted by Gasteiger charge is 2.26. The third kappa shape index (κ3) is 6.01. The second kappa shape index (κ2) is 10.4. The summed E-state index contributed by atoms with van der Waals surface area (Å²) < 4.78 is 16.2. The van der Waals surface area contributed by atoms with E-state index in [2.05, 4.69) is 5.32 Å². The highest BCUT2D eigenvalue weighted by atomic mass is 35.5. The molecule has 0 aromatic heterocycles. The predicted octanol–water partition coefficient (Wildman–Crippen LogP) is 3.06. The van der Waals surface area contributed by atoms with Gasteiger partial charge in [0.15, 0.2) is 11.5 Å². The van der Waals surface area contributed by atoms with Gasteiger partial charge in [0.2, 0.25) is 0 Å². The summed E-state index contributed by atoms with van der Waals surface area (Å²) in [7, 11) is 4.80. The first-order chi connectivity index (χ1) is 12.4. The van der Waals surface area contributed by atoms with Crippen LogP contribution in [0.2, 0.25) is 0 Å². The predicted molar refractivity (Wildman–Crippen MR) is 107 cm³/mol. The lowest BCUT2D eigenvalue weighted by Gasteiger charge is -2.31. The summed E-state index contributed by atoms with van der Waals surface area (Å²) >= 11 is 0. The van der Waals surface area contributed by atoms with Crippen LogP contribution in [0.5, 0.6) is 17.2 Å². The summed E-state index contributed by atoms with van der Waals surface area (Å²) in [5, 5.41) is 23.5. The number of aromatic hydroxyl groups is 1. The molecule has 2 unspecified atom stereocenters. The molecule has 2 rings (SSSR count). The van der Waals surface area contributed by atoms with Gasteiger partial charge in [-0.25, -0.2) is 0 Å². The van der Waals surface area contributed by atoms with E-state index in [1.54, 1.807) is 45.6 Å². The summed E-state index contributed by atoms with van der Waals surface area (Å²) in [6, 6.07) is 12.4. The van der Waals surface area contributed by atoms with Crippen molar-refractivity contribution in [1.82, 2.24) is 5.32 Å². The van der Waals surface area contributed by atoms with Crippen LogP contribution in [0, 0.1) is 0 Å². The van der Waals surface area contributed by atoms with Crippen molar-refractivity contribution in [1.29, 1.82) is 0 Å². The number of rotatable bonds is 9. The van der Waals surface area contributed by atoms with Crippen LogP contribution in [0.1, 0.15) is 24.2 Å². The second-order valence-electron chi connectivity index (χ2n) is 6.26. The Hall–Kier alpha value is -1.99. The van der Waals surface area contributed by atoms with Gasteiger partial charge in [-0.2, -0.15) is 0 Å². The maximum absolute atomic E-state index is 10.4. The fraction of sp³-hybridized carbons (Fsp3) is 0.400. The van der Waals surface area contributed by atoms with Crippen molar-refractivity contribution >= 4 is 12.4 Å². The molecule has 0 heterocycles. The summed E-state index contributed by atoms with van der Waals surface area (Å²) in [5.74, 6) is 1.39. The largest absolute Gasteiger partial charge is 0.508 e. The SMILES string of the molecule is COc1ccc(CC(C)(NCC(O)c2ccccc2O)OC)cc1OC.Cl. The van der Waals surface area contributed by atoms with Crippen molar-refractivity contribution in [2.24, 2.45) is 0 Å². The van der Waals surface area contributed by atoms with Crippen LogP contribution in [-0.2, 0) is 11.2 Å². The molecule has 2 atom stereocenters. The Morgan fingerprint density at radius 3 is 2.30 bits per heavy atom. The Balaban J connectivity index is 0.00000364. The third-order valence-corrected chi connectivity index (χ3v) is 4.41. The number of ether oxygens (including phenoxy) is 3. The number of phenols is 1. The highest BCUT2D eigenvalue weighted by molar-refractivity contribution is 5.85. The smallest absolute Gasteiger partial charge is 0.160 e. The zero-order valence-corrected chi connectivity index (χ0v) is 16.9. The molecular formula is C20H28ClNO5. The van der Waals surface area contributed by atoms with Gasteiger partial charge in [0.25, 0.3) is 0 Å². The van der Waals surface area contributed by atoms with Gasteiger partial charge in [0.1, 0.15) is 11.5 Å². The number of phenolic OH excluding ortho intramolecular Hbond substituents is 1. The van der Waals surface area contributed by atoms with Crippen LogP contribution in [0.3, 0.4) is 0 Å². The Morgan fingerprint density at radius 2 is 1.70 bits per heavy atom. The maximum Gasteiger partial charge on any atom is 0.160 e. The van der Waals surface area contributed by atoms with E-state index >= 15 is 0 Å². The molecule has 150 valence electrons. The average Bonchev–Trinajstić information content (AvgIpc) is 2.66. The molecular weight excluding hydrogens is 370 g/mol. The van der Waals surface area contributed by atoms with Gasteiger partial charge < -0.3 is 24.4 Å². The fourth-order valence-corrected chi connectivity index (χ4v) is 2.78. The van der Waals surface area contributed by atoms with Crippen LogP contribution >= 0.6 is 12.4 Å². The van der Waals surface area contributed by atoms with Crippen molar-refractivity contribution in [3.63, 3.8) is 0 Å². The number of hydrogen-bond acceptors (Lipinski definition) is 6. The number of para-hydroxylation sites is 1. The molecule has 3 N–H and O–H groups in total. The standard InChI is InChI=1S/C20H27NO5.ClH/c1-20(26-4,12-14-9-10-18(24-2)19(11-14)25-3)21-13-17(23)15-7-5-6-8-16(15)22;/h5-11,17,21-23H,12-13H2,1-4H3;1H. The first-order valence-electron chi connectivity index (χ1n) is 8.39. The van der Waals surface area contributed by atoms with E-state index in [1.807, 2.05) is 25.1 Å². The molecule has 0 bridgehead atoms. The molecule has 0 saturated heterocycles. The van der Waals surface area contributed by atoms with Gasteiger partial charge in [-0.15, -0.1) is 12.4 Å². The second-order valence-corrected chi connectivity index (χ2v) is 6.26. The molecule has 0 aliphatic carbocycles. The van der Waals surface area contributed by atoms with E-state index in [0.717, 1.165) is 5.56 Å². The third-order valence-electron chi connectivity index (χ3n) is 4.41. The Kier molecular flexibility index (Phi) is 8.85. The van der Waals surface area contributed by atoms with Gasteiger partial charge >= 0.3 is 0 Å². The van der Waals surface area contributed by atoms with E-state index < -0.39 is 11.8 Å². The minimum Gasteiger partial charge on any atom is -0.508 e. The fourth-order valence-electron chi connectivity index (χ4n) is 2.78. The van der Waals surface area contributed by atoms with Crippen LogP contribution in [-0.4, -0.2) is 43.8 Å². The molecule has 2 aromatic carbocycles. The molecule has 0 aliphatic heterocycles. The van der Waals surface area contributed by atoms with Crippen LogP contribution in [0.25, 0.3) is 0 Å². The maximum atomic E-state index is 10.4. The lowest BCUT2D eigenvalue weighted by molar-refractivity contribution is -0.0315. The first kappa shape index (κ1) is 23.0. The first-order valence-corrected chi connectivity index (χ1v) is 8.39. The molecule has 0 aliphatic rings. The number of halogens is 1. The van der Waals surface area contributed by atoms with Crippen LogP contribution in [0.4, 0.5) is 0 Å². The summed E-state index contributed by atoms with van der Waals surface area (Å²) in [5.41, 5.74) is 0.770. The van der Waals surface area contributed by atoms with Crippen LogP contribution in [0.15, 0.2) is 42.5 Å². The number of nitrogens with one attached hydrogen (secondary N) is 1. The van der Waals surface area contributed by atoms with E-state index in [9.17, 15) is 10.2 Å². The molecule has 0 fully saturated rings. The Labute approximate surface area is 166 Å². The van der Waals surface area contributed by atoms with Gasteiger partial charge in [-0.05, 0) is 30.7 Å². The van der Waals surface area contributed by atoms with E-state index in [0.29, 0.717) is 23.5 Å². The zero-order chi connectivity index (χ0) is 19.2. The minimum absolute atomic E-state index is 0. The molecule has 7 heteroatoms. The number of methoxy groups -OCH3 is 3. The van der Waals surface area contributed by atoms with Crippen LogP contribution < -0.4 is 14.8 Å².